The van der Waals surface area contributed by atoms with Crippen molar-refractivity contribution in [2.24, 2.45) is 5.73 Å². The van der Waals surface area contributed by atoms with E-state index >= 15 is 0 Å². The fourth-order valence-corrected chi connectivity index (χ4v) is 5.66. The molecule has 1 aliphatic rings. The second-order valence-electron chi connectivity index (χ2n) is 7.84. The summed E-state index contributed by atoms with van der Waals surface area (Å²) >= 11 is 0. The number of nitrogens with two attached hydrogens (primary N) is 1. The number of nitrogens with zero attached hydrogens (tertiary/aromatic N) is 1. The van der Waals surface area contributed by atoms with E-state index in [2.05, 4.69) is 0 Å². The molecule has 1 aliphatic heterocycles. The van der Waals surface area contributed by atoms with E-state index in [4.69, 9.17) is 20.6 Å². The molecule has 0 amide bonds. The molecule has 0 unspecified atom stereocenters. The molecular weight excluding hydrogens is 454 g/mol. The minimum atomic E-state index is -3.64. The Morgan fingerprint density at radius 1 is 1.16 bits per heavy atom. The van der Waals surface area contributed by atoms with Gasteiger partial charge in [0.2, 0.25) is 10.0 Å². The van der Waals surface area contributed by atoms with Gasteiger partial charge in [-0.3, -0.25) is 10.2 Å². The molecule has 1 saturated heterocycles. The molecule has 3 rings (SSSR count). The van der Waals surface area contributed by atoms with Gasteiger partial charge in [-0.25, -0.2) is 8.42 Å². The minimum Gasteiger partial charge on any atom is -0.492 e. The number of hydrogen-bond acceptors (Lipinski definition) is 6. The standard InChI is InChI=1S/C22H27N3O5S.ClH/c1-22(21(26)29-2)13-12-18(25(22)31(3,27)28)14-30-19-10-8-16(9-11-19)15-4-6-17(7-5-15)20(23)24;/h4-11,18H,12-14H2,1-3H3,(H3,23,24);1H/t18-,22-;/m0./s1. The zero-order chi connectivity index (χ0) is 22.8. The first-order valence-corrected chi connectivity index (χ1v) is 11.7. The SMILES string of the molecule is COC(=O)[C@]1(C)CC[C@@H](COc2ccc(-c3ccc(C(=N)N)cc3)cc2)N1S(C)(=O)=O.Cl. The van der Waals surface area contributed by atoms with Crippen molar-refractivity contribution < 1.29 is 22.7 Å². The summed E-state index contributed by atoms with van der Waals surface area (Å²) in [5.74, 6) is 0.0541. The van der Waals surface area contributed by atoms with Gasteiger partial charge in [0.1, 0.15) is 23.7 Å². The van der Waals surface area contributed by atoms with Crippen molar-refractivity contribution in [1.82, 2.24) is 4.31 Å². The Labute approximate surface area is 194 Å². The van der Waals surface area contributed by atoms with Crippen LogP contribution in [0.25, 0.3) is 11.1 Å². The normalized spacial score (nSPS) is 20.9. The van der Waals surface area contributed by atoms with Crippen molar-refractivity contribution in [2.75, 3.05) is 20.0 Å². The Balaban J connectivity index is 0.00000363. The smallest absolute Gasteiger partial charge is 0.327 e. The van der Waals surface area contributed by atoms with Crippen molar-refractivity contribution in [3.8, 4) is 16.9 Å². The third-order valence-electron chi connectivity index (χ3n) is 5.59. The predicted molar refractivity (Wildman–Crippen MR) is 126 cm³/mol. The number of amidine groups is 1. The third kappa shape index (κ3) is 5.23. The maximum Gasteiger partial charge on any atom is 0.327 e. The lowest BCUT2D eigenvalue weighted by Crippen LogP contribution is -2.54. The highest BCUT2D eigenvalue weighted by Gasteiger charge is 2.53. The van der Waals surface area contributed by atoms with E-state index in [0.29, 0.717) is 24.2 Å². The van der Waals surface area contributed by atoms with Crippen molar-refractivity contribution in [2.45, 2.75) is 31.3 Å². The Hall–Kier alpha value is -2.62. The Kier molecular flexibility index (Phi) is 7.92. The number of benzene rings is 2. The lowest BCUT2D eigenvalue weighted by molar-refractivity contribution is -0.150. The summed E-state index contributed by atoms with van der Waals surface area (Å²) < 4.78 is 36.7. The van der Waals surface area contributed by atoms with Crippen LogP contribution >= 0.6 is 12.4 Å². The van der Waals surface area contributed by atoms with E-state index in [1.807, 2.05) is 36.4 Å². The van der Waals surface area contributed by atoms with E-state index in [0.717, 1.165) is 17.4 Å². The van der Waals surface area contributed by atoms with Crippen molar-refractivity contribution in [3.05, 3.63) is 54.1 Å². The second kappa shape index (κ2) is 9.89. The fraction of sp³-hybridized carbons (Fsp3) is 0.364. The molecule has 1 fully saturated rings. The van der Waals surface area contributed by atoms with Gasteiger partial charge in [-0.15, -0.1) is 12.4 Å². The topological polar surface area (TPSA) is 123 Å². The van der Waals surface area contributed by atoms with Crippen LogP contribution in [0.1, 0.15) is 25.3 Å². The monoisotopic (exact) mass is 481 g/mol. The van der Waals surface area contributed by atoms with Crippen molar-refractivity contribution in [1.29, 1.82) is 5.41 Å². The molecule has 1 heterocycles. The van der Waals surface area contributed by atoms with Crippen LogP contribution in [-0.4, -0.2) is 56.1 Å². The summed E-state index contributed by atoms with van der Waals surface area (Å²) in [7, 11) is -2.39. The molecule has 0 bridgehead atoms. The third-order valence-corrected chi connectivity index (χ3v) is 7.01. The van der Waals surface area contributed by atoms with Gasteiger partial charge in [-0.05, 0) is 43.0 Å². The lowest BCUT2D eigenvalue weighted by atomic mass is 10.0. The summed E-state index contributed by atoms with van der Waals surface area (Å²) in [5, 5.41) is 7.46. The molecule has 0 aromatic heterocycles. The van der Waals surface area contributed by atoms with Gasteiger partial charge in [0.25, 0.3) is 0 Å². The van der Waals surface area contributed by atoms with E-state index in [1.165, 1.54) is 11.4 Å². The second-order valence-corrected chi connectivity index (χ2v) is 9.70. The van der Waals surface area contributed by atoms with Crippen LogP contribution in [0.15, 0.2) is 48.5 Å². The van der Waals surface area contributed by atoms with Crippen LogP contribution < -0.4 is 10.5 Å². The van der Waals surface area contributed by atoms with Gasteiger partial charge < -0.3 is 15.2 Å². The lowest BCUT2D eigenvalue weighted by Gasteiger charge is -2.33. The number of halogens is 1. The van der Waals surface area contributed by atoms with E-state index in [9.17, 15) is 13.2 Å². The maximum atomic E-state index is 12.4. The zero-order valence-corrected chi connectivity index (χ0v) is 19.8. The van der Waals surface area contributed by atoms with Crippen molar-refractivity contribution >= 4 is 34.2 Å². The average molecular weight is 482 g/mol. The molecule has 32 heavy (non-hydrogen) atoms. The van der Waals surface area contributed by atoms with Crippen LogP contribution in [0.2, 0.25) is 0 Å². The highest BCUT2D eigenvalue weighted by Crippen LogP contribution is 2.37. The maximum absolute atomic E-state index is 12.4. The van der Waals surface area contributed by atoms with Gasteiger partial charge in [0, 0.05) is 5.56 Å². The van der Waals surface area contributed by atoms with Crippen molar-refractivity contribution in [3.63, 3.8) is 0 Å². The zero-order valence-electron chi connectivity index (χ0n) is 18.2. The first kappa shape index (κ1) is 25.6. The molecular formula is C22H28ClN3O5S. The van der Waals surface area contributed by atoms with Crippen LogP contribution in [0.3, 0.4) is 0 Å². The van der Waals surface area contributed by atoms with Crippen LogP contribution in [0.4, 0.5) is 0 Å². The van der Waals surface area contributed by atoms with Crippen LogP contribution in [-0.2, 0) is 19.6 Å². The predicted octanol–water partition coefficient (Wildman–Crippen LogP) is 2.79. The molecule has 2 aromatic carbocycles. The number of ether oxygens (including phenoxy) is 2. The fourth-order valence-electron chi connectivity index (χ4n) is 4.06. The number of esters is 1. The van der Waals surface area contributed by atoms with Gasteiger partial charge in [-0.2, -0.15) is 4.31 Å². The summed E-state index contributed by atoms with van der Waals surface area (Å²) in [6, 6.07) is 14.3. The Bertz CT molecular complexity index is 1070. The Morgan fingerprint density at radius 3 is 2.16 bits per heavy atom. The van der Waals surface area contributed by atoms with E-state index in [1.54, 1.807) is 19.1 Å². The number of carbonyl (C=O) groups excluding carboxylic acids is 1. The molecule has 2 atom stereocenters. The van der Waals surface area contributed by atoms with Gasteiger partial charge in [0.15, 0.2) is 0 Å². The van der Waals surface area contributed by atoms with Gasteiger partial charge >= 0.3 is 5.97 Å². The summed E-state index contributed by atoms with van der Waals surface area (Å²) in [4.78, 5) is 12.3. The molecule has 0 aliphatic carbocycles. The number of sulfonamides is 1. The van der Waals surface area contributed by atoms with Gasteiger partial charge in [0.05, 0.1) is 19.4 Å². The Morgan fingerprint density at radius 2 is 1.69 bits per heavy atom. The van der Waals surface area contributed by atoms with Crippen LogP contribution in [0.5, 0.6) is 5.75 Å². The molecule has 8 nitrogen and oxygen atoms in total. The number of hydrogen-bond donors (Lipinski definition) is 2. The van der Waals surface area contributed by atoms with Gasteiger partial charge in [-0.1, -0.05) is 36.4 Å². The number of nitrogens with one attached hydrogen (secondary N) is 1. The summed E-state index contributed by atoms with van der Waals surface area (Å²) in [6.07, 6.45) is 1.97. The highest BCUT2D eigenvalue weighted by molar-refractivity contribution is 7.88. The average Bonchev–Trinajstić information content (AvgIpc) is 3.10. The number of methoxy groups -OCH3 is 1. The highest BCUT2D eigenvalue weighted by atomic mass is 35.5. The number of carbonyl (C=O) groups is 1. The summed E-state index contributed by atoms with van der Waals surface area (Å²) in [6.45, 7) is 1.72. The number of nitrogen functional groups attached to an aromatic ring is 1. The molecule has 2 aromatic rings. The molecule has 0 spiro atoms. The molecule has 3 N–H and O–H groups in total. The first-order chi connectivity index (χ1) is 14.6. The van der Waals surface area contributed by atoms with E-state index in [-0.39, 0.29) is 24.8 Å². The molecule has 0 saturated carbocycles. The largest absolute Gasteiger partial charge is 0.492 e. The summed E-state index contributed by atoms with van der Waals surface area (Å²) in [5.41, 5.74) is 6.86. The molecule has 0 radical (unpaired) electrons. The van der Waals surface area contributed by atoms with E-state index < -0.39 is 27.6 Å². The quantitative estimate of drug-likeness (QED) is 0.356. The number of rotatable bonds is 7. The first-order valence-electron chi connectivity index (χ1n) is 9.82. The molecule has 174 valence electrons. The molecule has 10 heteroatoms. The minimum absolute atomic E-state index is 0. The van der Waals surface area contributed by atoms with Crippen LogP contribution in [0, 0.1) is 5.41 Å².